The highest BCUT2D eigenvalue weighted by Gasteiger charge is 2.18. The lowest BCUT2D eigenvalue weighted by atomic mass is 10.0. The fourth-order valence-electron chi connectivity index (χ4n) is 2.53. The maximum atomic E-state index is 2.66. The molecule has 1 saturated heterocycles. The van der Waals surface area contributed by atoms with Crippen molar-refractivity contribution in [3.8, 4) is 0 Å². The highest BCUT2D eigenvalue weighted by atomic mass is 32.2. The molecule has 82 valence electrons. The summed E-state index contributed by atoms with van der Waals surface area (Å²) in [6.07, 6.45) is 13.2. The van der Waals surface area contributed by atoms with E-state index in [1.54, 1.807) is 0 Å². The van der Waals surface area contributed by atoms with E-state index in [1.807, 2.05) is 0 Å². The maximum absolute atomic E-state index is 2.66. The van der Waals surface area contributed by atoms with Gasteiger partial charge in [0.2, 0.25) is 0 Å². The first-order chi connectivity index (χ1) is 6.95. The van der Waals surface area contributed by atoms with Crippen molar-refractivity contribution < 1.29 is 0 Å². The Labute approximate surface area is 92.8 Å². The van der Waals surface area contributed by atoms with Crippen molar-refractivity contribution in [2.75, 3.05) is 13.1 Å². The molecule has 1 aliphatic heterocycles. The predicted molar refractivity (Wildman–Crippen MR) is 64.5 cm³/mol. The van der Waals surface area contributed by atoms with Gasteiger partial charge in [-0.25, -0.2) is 0 Å². The van der Waals surface area contributed by atoms with Crippen molar-refractivity contribution in [1.29, 1.82) is 0 Å². The van der Waals surface area contributed by atoms with E-state index in [-0.39, 0.29) is 0 Å². The molecule has 0 N–H and O–H groups in total. The zero-order chi connectivity index (χ0) is 9.64. The molecule has 2 heteroatoms. The Morgan fingerprint density at radius 1 is 0.714 bits per heavy atom. The van der Waals surface area contributed by atoms with Gasteiger partial charge in [-0.3, -0.25) is 4.31 Å². The fraction of sp³-hybridized carbons (Fsp3) is 1.00. The van der Waals surface area contributed by atoms with Gasteiger partial charge in [0.15, 0.2) is 0 Å². The molecular formula is C12H23NS. The maximum Gasteiger partial charge on any atom is 0.0195 e. The van der Waals surface area contributed by atoms with Crippen LogP contribution < -0.4 is 0 Å². The quantitative estimate of drug-likeness (QED) is 0.641. The highest BCUT2D eigenvalue weighted by Crippen LogP contribution is 2.31. The second-order valence-corrected chi connectivity index (χ2v) is 6.10. The SMILES string of the molecule is C1CCC(SN2CCCCCC2)CC1. The van der Waals surface area contributed by atoms with Crippen LogP contribution in [0.25, 0.3) is 0 Å². The summed E-state index contributed by atoms with van der Waals surface area (Å²) in [5.41, 5.74) is 0. The first kappa shape index (κ1) is 10.8. The summed E-state index contributed by atoms with van der Waals surface area (Å²) in [6, 6.07) is 0. The van der Waals surface area contributed by atoms with E-state index in [0.29, 0.717) is 0 Å². The van der Waals surface area contributed by atoms with Gasteiger partial charge in [-0.05, 0) is 25.7 Å². The largest absolute Gasteiger partial charge is 0.250 e. The lowest BCUT2D eigenvalue weighted by Gasteiger charge is -2.27. The van der Waals surface area contributed by atoms with Crippen LogP contribution in [0.3, 0.4) is 0 Å². The first-order valence-corrected chi connectivity index (χ1v) is 7.20. The molecule has 2 fully saturated rings. The van der Waals surface area contributed by atoms with Crippen LogP contribution in [0.15, 0.2) is 0 Å². The second-order valence-electron chi connectivity index (χ2n) is 4.71. The molecule has 0 bridgehead atoms. The van der Waals surface area contributed by atoms with Gasteiger partial charge >= 0.3 is 0 Å². The van der Waals surface area contributed by atoms with Crippen LogP contribution in [-0.2, 0) is 0 Å². The van der Waals surface area contributed by atoms with Gasteiger partial charge in [-0.2, -0.15) is 0 Å². The van der Waals surface area contributed by atoms with Crippen LogP contribution >= 0.6 is 11.9 Å². The Balaban J connectivity index is 1.71. The molecule has 0 aromatic heterocycles. The van der Waals surface area contributed by atoms with E-state index in [9.17, 15) is 0 Å². The molecule has 0 aromatic rings. The number of nitrogens with zero attached hydrogens (tertiary/aromatic N) is 1. The average Bonchev–Trinajstić information content (AvgIpc) is 2.48. The molecule has 0 radical (unpaired) electrons. The summed E-state index contributed by atoms with van der Waals surface area (Å²) >= 11 is 2.19. The first-order valence-electron chi connectivity index (χ1n) is 6.37. The molecule has 2 aliphatic rings. The Bertz CT molecular complexity index is 146. The Morgan fingerprint density at radius 3 is 1.93 bits per heavy atom. The zero-order valence-electron chi connectivity index (χ0n) is 9.21. The molecule has 1 aliphatic carbocycles. The van der Waals surface area contributed by atoms with E-state index < -0.39 is 0 Å². The third-order valence-corrected chi connectivity index (χ3v) is 4.85. The fourth-order valence-corrected chi connectivity index (χ4v) is 3.96. The lowest BCUT2D eigenvalue weighted by Crippen LogP contribution is -2.22. The van der Waals surface area contributed by atoms with Gasteiger partial charge in [-0.1, -0.05) is 44.1 Å². The van der Waals surface area contributed by atoms with E-state index in [4.69, 9.17) is 0 Å². The molecule has 0 spiro atoms. The molecule has 2 rings (SSSR count). The van der Waals surface area contributed by atoms with Gasteiger partial charge in [-0.15, -0.1) is 0 Å². The normalized spacial score (nSPS) is 27.4. The van der Waals surface area contributed by atoms with Crippen molar-refractivity contribution in [3.63, 3.8) is 0 Å². The second kappa shape index (κ2) is 6.02. The molecule has 1 heterocycles. The van der Waals surface area contributed by atoms with E-state index in [2.05, 4.69) is 16.3 Å². The molecule has 0 unspecified atom stereocenters. The van der Waals surface area contributed by atoms with Gasteiger partial charge in [0, 0.05) is 18.3 Å². The zero-order valence-corrected chi connectivity index (χ0v) is 10.0. The Kier molecular flexibility index (Phi) is 4.65. The standard InChI is InChI=1S/C12H23NS/c1-2-7-11-13(10-6-1)14-12-8-4-3-5-9-12/h12H,1-11H2. The van der Waals surface area contributed by atoms with Crippen LogP contribution in [0.1, 0.15) is 57.8 Å². The van der Waals surface area contributed by atoms with Crippen molar-refractivity contribution in [2.45, 2.75) is 63.0 Å². The van der Waals surface area contributed by atoms with Gasteiger partial charge in [0.05, 0.1) is 0 Å². The summed E-state index contributed by atoms with van der Waals surface area (Å²) < 4.78 is 2.66. The third kappa shape index (κ3) is 3.47. The third-order valence-electron chi connectivity index (χ3n) is 3.42. The summed E-state index contributed by atoms with van der Waals surface area (Å²) in [5.74, 6) is 0. The smallest absolute Gasteiger partial charge is 0.0195 e. The monoisotopic (exact) mass is 213 g/mol. The van der Waals surface area contributed by atoms with Crippen molar-refractivity contribution in [1.82, 2.24) is 4.31 Å². The molecule has 1 nitrogen and oxygen atoms in total. The van der Waals surface area contributed by atoms with Gasteiger partial charge in [0.25, 0.3) is 0 Å². The summed E-state index contributed by atoms with van der Waals surface area (Å²) in [6.45, 7) is 2.70. The number of rotatable bonds is 2. The van der Waals surface area contributed by atoms with Crippen LogP contribution in [0.2, 0.25) is 0 Å². The highest BCUT2D eigenvalue weighted by molar-refractivity contribution is 7.97. The van der Waals surface area contributed by atoms with Gasteiger partial charge < -0.3 is 0 Å². The molecule has 14 heavy (non-hydrogen) atoms. The lowest BCUT2D eigenvalue weighted by molar-refractivity contribution is 0.463. The Hall–Kier alpha value is 0.310. The minimum absolute atomic E-state index is 0.960. The summed E-state index contributed by atoms with van der Waals surface area (Å²) in [7, 11) is 0. The van der Waals surface area contributed by atoms with Crippen LogP contribution in [0.4, 0.5) is 0 Å². The topological polar surface area (TPSA) is 3.24 Å². The molecule has 0 aromatic carbocycles. The minimum Gasteiger partial charge on any atom is -0.250 e. The molecule has 1 saturated carbocycles. The van der Waals surface area contributed by atoms with E-state index in [0.717, 1.165) is 5.25 Å². The van der Waals surface area contributed by atoms with E-state index in [1.165, 1.54) is 70.9 Å². The van der Waals surface area contributed by atoms with Crippen LogP contribution in [0.5, 0.6) is 0 Å². The Morgan fingerprint density at radius 2 is 1.29 bits per heavy atom. The molecular weight excluding hydrogens is 190 g/mol. The van der Waals surface area contributed by atoms with Crippen LogP contribution in [0, 0.1) is 0 Å². The summed E-state index contributed by atoms with van der Waals surface area (Å²) in [5, 5.41) is 0.960. The number of hydrogen-bond donors (Lipinski definition) is 0. The number of hydrogen-bond acceptors (Lipinski definition) is 2. The summed E-state index contributed by atoms with van der Waals surface area (Å²) in [4.78, 5) is 0. The van der Waals surface area contributed by atoms with Crippen molar-refractivity contribution >= 4 is 11.9 Å². The minimum atomic E-state index is 0.960. The van der Waals surface area contributed by atoms with Crippen molar-refractivity contribution in [2.24, 2.45) is 0 Å². The van der Waals surface area contributed by atoms with Crippen LogP contribution in [-0.4, -0.2) is 22.6 Å². The van der Waals surface area contributed by atoms with Gasteiger partial charge in [0.1, 0.15) is 0 Å². The average molecular weight is 213 g/mol. The van der Waals surface area contributed by atoms with Crippen molar-refractivity contribution in [3.05, 3.63) is 0 Å². The molecule has 0 amide bonds. The van der Waals surface area contributed by atoms with E-state index >= 15 is 0 Å². The predicted octanol–water partition coefficient (Wildman–Crippen LogP) is 3.84. The molecule has 0 atom stereocenters.